The number of rotatable bonds is 13. The number of halogens is 6. The molecule has 0 spiro atoms. The summed E-state index contributed by atoms with van der Waals surface area (Å²) in [5.74, 6) is 0. The van der Waals surface area contributed by atoms with Gasteiger partial charge in [-0.25, -0.2) is 45.8 Å². The number of unbranched alkanes of at least 4 members (excludes halogenated alkanes) is 3. The number of carbonyl (C=O) groups excluding carboxylic acids is 4. The number of alkyl halides is 6. The SMILES string of the molecule is CC1=C(C#N)[C@@H](c2ccc(C#N)cc2S(C)(=O)=O)N(C(=O)OCCCCCCOC(=O)N2C(=O)N(c3cccc(C(F)(F)F)c3)C(C)=C(C#N)[C@H]2c2ccc(C#N)cc2S(C)(=O)=O)C(=O)N1c1cccc(C(F)(F)F)c1. The van der Waals surface area contributed by atoms with Gasteiger partial charge in [-0.3, -0.25) is 9.80 Å². The molecule has 4 aromatic carbocycles. The summed E-state index contributed by atoms with van der Waals surface area (Å²) in [6.45, 7) is 1.50. The predicted octanol–water partition coefficient (Wildman–Crippen LogP) is 10.4. The molecule has 26 heteroatoms. The summed E-state index contributed by atoms with van der Waals surface area (Å²) >= 11 is 0. The number of nitrogens with zero attached hydrogens (tertiary/aromatic N) is 8. The average Bonchev–Trinajstić information content (AvgIpc) is 3.35. The Labute approximate surface area is 430 Å². The summed E-state index contributed by atoms with van der Waals surface area (Å²) in [7, 11) is -8.52. The molecule has 0 bridgehead atoms. The average molecular weight is 1090 g/mol. The van der Waals surface area contributed by atoms with Gasteiger partial charge < -0.3 is 9.47 Å². The molecule has 0 aromatic heterocycles. The number of allylic oxidation sites excluding steroid dienone is 2. The Bertz CT molecular complexity index is 3310. The molecule has 0 saturated carbocycles. The van der Waals surface area contributed by atoms with Gasteiger partial charge in [0.15, 0.2) is 19.7 Å². The summed E-state index contributed by atoms with van der Waals surface area (Å²) in [5, 5.41) is 40.0. The fourth-order valence-corrected chi connectivity index (χ4v) is 10.3. The Morgan fingerprint density at radius 3 is 1.21 bits per heavy atom. The van der Waals surface area contributed by atoms with Crippen LogP contribution in [0.25, 0.3) is 0 Å². The number of hydrogen-bond acceptors (Lipinski definition) is 14. The Morgan fingerprint density at radius 2 is 0.908 bits per heavy atom. The van der Waals surface area contributed by atoms with Crippen molar-refractivity contribution in [3.05, 3.63) is 141 Å². The lowest BCUT2D eigenvalue weighted by Gasteiger charge is -2.40. The zero-order valence-corrected chi connectivity index (χ0v) is 41.9. The number of hydrogen-bond donors (Lipinski definition) is 0. The molecule has 2 heterocycles. The maximum Gasteiger partial charge on any atom is 0.418 e. The second-order valence-corrected chi connectivity index (χ2v) is 21.0. The van der Waals surface area contributed by atoms with E-state index >= 15 is 0 Å². The molecule has 6 rings (SSSR count). The van der Waals surface area contributed by atoms with E-state index in [2.05, 4.69) is 0 Å². The molecule has 0 N–H and O–H groups in total. The molecular formula is C50H40F6N8O10S2. The number of amides is 6. The molecule has 18 nitrogen and oxygen atoms in total. The largest absolute Gasteiger partial charge is 0.449 e. The predicted molar refractivity (Wildman–Crippen MR) is 254 cm³/mol. The van der Waals surface area contributed by atoms with Crippen LogP contribution in [0, 0.1) is 45.3 Å². The Hall–Kier alpha value is -8.72. The number of ether oxygens (including phenoxy) is 2. The number of urea groups is 2. The van der Waals surface area contributed by atoms with Gasteiger partial charge in [0.2, 0.25) is 0 Å². The molecular weight excluding hydrogens is 1050 g/mol. The fraction of sp³-hybridized carbons (Fsp3) is 0.280. The fourth-order valence-electron chi connectivity index (χ4n) is 8.43. The van der Waals surface area contributed by atoms with Crippen LogP contribution in [0.1, 0.15) is 85.0 Å². The maximum absolute atomic E-state index is 14.4. The summed E-state index contributed by atoms with van der Waals surface area (Å²) in [6.07, 6.45) is -10.7. The molecule has 2 atom stereocenters. The number of carbonyl (C=O) groups is 4. The van der Waals surface area contributed by atoms with Crippen molar-refractivity contribution in [3.63, 3.8) is 0 Å². The number of benzene rings is 4. The molecule has 0 radical (unpaired) electrons. The lowest BCUT2D eigenvalue weighted by Crippen LogP contribution is -2.52. The van der Waals surface area contributed by atoms with Crippen LogP contribution in [0.3, 0.4) is 0 Å². The molecule has 76 heavy (non-hydrogen) atoms. The highest BCUT2D eigenvalue weighted by molar-refractivity contribution is 7.91. The lowest BCUT2D eigenvalue weighted by atomic mass is 9.93. The van der Waals surface area contributed by atoms with Crippen LogP contribution in [-0.4, -0.2) is 76.6 Å². The molecule has 6 amide bonds. The van der Waals surface area contributed by atoms with Gasteiger partial charge in [-0.2, -0.15) is 47.4 Å². The number of anilines is 2. The summed E-state index contributed by atoms with van der Waals surface area (Å²) in [5.41, 5.74) is -5.51. The van der Waals surface area contributed by atoms with Crippen molar-refractivity contribution in [2.75, 3.05) is 35.5 Å². The van der Waals surface area contributed by atoms with Crippen LogP contribution in [0.2, 0.25) is 0 Å². The minimum Gasteiger partial charge on any atom is -0.449 e. The van der Waals surface area contributed by atoms with Gasteiger partial charge >= 0.3 is 36.6 Å². The van der Waals surface area contributed by atoms with Crippen molar-refractivity contribution in [1.82, 2.24) is 9.80 Å². The molecule has 0 fully saturated rings. The molecule has 0 unspecified atom stereocenters. The molecule has 0 aliphatic carbocycles. The van der Waals surface area contributed by atoms with Crippen LogP contribution >= 0.6 is 0 Å². The topological polar surface area (TPSA) is 263 Å². The zero-order chi connectivity index (χ0) is 56.2. The van der Waals surface area contributed by atoms with E-state index in [0.717, 1.165) is 73.2 Å². The van der Waals surface area contributed by atoms with Crippen molar-refractivity contribution in [2.24, 2.45) is 0 Å². The van der Waals surface area contributed by atoms with E-state index in [1.165, 1.54) is 26.0 Å². The standard InChI is InChI=1S/C50H40F6N8O10S2/c1-29-39(27-59)43(37-17-15-31(25-57)21-41(37)75(3,69)70)63(45(65)61(29)35-13-9-11-33(23-35)49(51,52)53)47(67)73-19-7-5-6-8-20-74-48(68)64-44(38-18-16-32(26-58)22-42(38)76(4,71)72)40(28-60)30(2)62(46(64)66)36-14-10-12-34(24-36)50(54,55)56/h9-18,21-24,43-44H,5-8,19-20H2,1-4H3/t43-,44-/m1/s1. The Kier molecular flexibility index (Phi) is 16.4. The van der Waals surface area contributed by atoms with Crippen LogP contribution in [-0.2, 0) is 41.5 Å². The Balaban J connectivity index is 1.22. The van der Waals surface area contributed by atoms with E-state index in [-0.39, 0.29) is 59.3 Å². The normalized spacial score (nSPS) is 16.4. The van der Waals surface area contributed by atoms with E-state index in [1.54, 1.807) is 12.1 Å². The first kappa shape index (κ1) is 56.6. The van der Waals surface area contributed by atoms with Gasteiger partial charge in [-0.15, -0.1) is 0 Å². The molecule has 2 aliphatic heterocycles. The minimum absolute atomic E-state index is 0.0242. The summed E-state index contributed by atoms with van der Waals surface area (Å²) in [4.78, 5) is 57.8. The van der Waals surface area contributed by atoms with Gasteiger partial charge in [-0.1, -0.05) is 24.3 Å². The van der Waals surface area contributed by atoms with Crippen LogP contribution in [0.5, 0.6) is 0 Å². The highest BCUT2D eigenvalue weighted by atomic mass is 32.2. The second-order valence-electron chi connectivity index (χ2n) is 17.0. The highest BCUT2D eigenvalue weighted by Crippen LogP contribution is 2.45. The van der Waals surface area contributed by atoms with Crippen molar-refractivity contribution in [1.29, 1.82) is 21.0 Å². The van der Waals surface area contributed by atoms with Gasteiger partial charge in [0.25, 0.3) is 0 Å². The van der Waals surface area contributed by atoms with Gasteiger partial charge in [0.05, 0.1) is 92.1 Å². The molecule has 394 valence electrons. The first-order valence-corrected chi connectivity index (χ1v) is 26.0. The van der Waals surface area contributed by atoms with Crippen LogP contribution < -0.4 is 9.80 Å². The van der Waals surface area contributed by atoms with Crippen molar-refractivity contribution < 1.29 is 71.8 Å². The molecule has 4 aromatic rings. The summed E-state index contributed by atoms with van der Waals surface area (Å²) < 4.78 is 146. The first-order chi connectivity index (χ1) is 35.6. The van der Waals surface area contributed by atoms with E-state index in [0.29, 0.717) is 31.7 Å². The highest BCUT2D eigenvalue weighted by Gasteiger charge is 2.48. The minimum atomic E-state index is -4.88. The number of nitriles is 4. The molecule has 0 saturated heterocycles. The van der Waals surface area contributed by atoms with Crippen molar-refractivity contribution in [2.45, 2.75) is 73.8 Å². The van der Waals surface area contributed by atoms with E-state index < -0.39 is 125 Å². The van der Waals surface area contributed by atoms with E-state index in [4.69, 9.17) is 9.47 Å². The molecule has 2 aliphatic rings. The van der Waals surface area contributed by atoms with Crippen LogP contribution in [0.15, 0.2) is 117 Å². The van der Waals surface area contributed by atoms with E-state index in [1.807, 2.05) is 12.1 Å². The number of imide groups is 2. The maximum atomic E-state index is 14.4. The second kappa shape index (κ2) is 22.0. The lowest BCUT2D eigenvalue weighted by molar-refractivity contribution is -0.138. The van der Waals surface area contributed by atoms with Gasteiger partial charge in [0.1, 0.15) is 12.1 Å². The Morgan fingerprint density at radius 1 is 0.553 bits per heavy atom. The first-order valence-electron chi connectivity index (χ1n) is 22.2. The number of sulfone groups is 2. The third-order valence-corrected chi connectivity index (χ3v) is 14.3. The zero-order valence-electron chi connectivity index (χ0n) is 40.2. The van der Waals surface area contributed by atoms with Gasteiger partial charge in [-0.05, 0) is 111 Å². The third-order valence-electron chi connectivity index (χ3n) is 12.0. The smallest absolute Gasteiger partial charge is 0.418 e. The third kappa shape index (κ3) is 11.6. The quantitative estimate of drug-likeness (QED) is 0.0891. The van der Waals surface area contributed by atoms with Crippen molar-refractivity contribution in [3.8, 4) is 24.3 Å². The van der Waals surface area contributed by atoms with Crippen molar-refractivity contribution >= 4 is 55.3 Å². The van der Waals surface area contributed by atoms with E-state index in [9.17, 15) is 83.4 Å². The van der Waals surface area contributed by atoms with Crippen LogP contribution in [0.4, 0.5) is 56.9 Å². The summed E-state index contributed by atoms with van der Waals surface area (Å²) in [6, 6.07) is 14.2. The van der Waals surface area contributed by atoms with Gasteiger partial charge in [0, 0.05) is 23.9 Å². The monoisotopic (exact) mass is 1090 g/mol.